The van der Waals surface area contributed by atoms with Gasteiger partial charge in [-0.05, 0) is 44.0 Å². The van der Waals surface area contributed by atoms with E-state index in [0.717, 1.165) is 12.8 Å². The molecule has 3 heterocycles. The quantitative estimate of drug-likeness (QED) is 0.586. The monoisotopic (exact) mass is 316 g/mol. The third-order valence-corrected chi connectivity index (χ3v) is 5.61. The van der Waals surface area contributed by atoms with Crippen LogP contribution >= 0.6 is 11.6 Å². The number of carbonyl (C=O) groups is 2. The van der Waals surface area contributed by atoms with Gasteiger partial charge in [-0.2, -0.15) is 0 Å². The lowest BCUT2D eigenvalue weighted by atomic mass is 9.64. The Morgan fingerprint density at radius 1 is 1.09 bits per heavy atom. The highest BCUT2D eigenvalue weighted by atomic mass is 35.5. The van der Waals surface area contributed by atoms with Crippen LogP contribution in [-0.2, 0) is 4.79 Å². The molecule has 4 nitrogen and oxygen atoms in total. The highest BCUT2D eigenvalue weighted by Gasteiger charge is 2.63. The number of carbonyl (C=O) groups excluding carboxylic acids is 2. The predicted octanol–water partition coefficient (Wildman–Crippen LogP) is 3.61. The van der Waals surface area contributed by atoms with E-state index in [1.807, 2.05) is 6.92 Å². The van der Waals surface area contributed by atoms with Crippen LogP contribution in [0.1, 0.15) is 26.7 Å². The maximum absolute atomic E-state index is 13.0. The molecule has 0 N–H and O–H groups in total. The molecule has 3 atom stereocenters. The fourth-order valence-corrected chi connectivity index (χ4v) is 4.08. The number of urea groups is 1. The molecule has 2 fully saturated rings. The molecule has 5 rings (SSSR count). The Hall–Kier alpha value is -1.81. The van der Waals surface area contributed by atoms with Crippen molar-refractivity contribution >= 4 is 29.2 Å². The third kappa shape index (κ3) is 1.59. The molecule has 3 amide bonds. The van der Waals surface area contributed by atoms with Crippen molar-refractivity contribution in [3.8, 4) is 0 Å². The molecule has 4 aliphatic rings. The van der Waals surface area contributed by atoms with Gasteiger partial charge in [-0.15, -0.1) is 0 Å². The highest BCUT2D eigenvalue weighted by Crippen LogP contribution is 2.53. The molecule has 0 aromatic heterocycles. The molecule has 0 spiro atoms. The second kappa shape index (κ2) is 4.13. The van der Waals surface area contributed by atoms with Crippen molar-refractivity contribution in [2.24, 2.45) is 5.41 Å². The summed E-state index contributed by atoms with van der Waals surface area (Å²) in [5.41, 5.74) is -0.0532. The van der Waals surface area contributed by atoms with Gasteiger partial charge < -0.3 is 4.90 Å². The van der Waals surface area contributed by atoms with Crippen LogP contribution in [0.2, 0.25) is 5.02 Å². The average Bonchev–Trinajstić information content (AvgIpc) is 2.77. The van der Waals surface area contributed by atoms with E-state index in [1.54, 1.807) is 29.2 Å². The zero-order chi connectivity index (χ0) is 15.7. The van der Waals surface area contributed by atoms with Gasteiger partial charge >= 0.3 is 6.03 Å². The van der Waals surface area contributed by atoms with Crippen molar-refractivity contribution in [3.05, 3.63) is 41.4 Å². The average molecular weight is 317 g/mol. The minimum Gasteiger partial charge on any atom is -0.302 e. The molecule has 1 aliphatic carbocycles. The van der Waals surface area contributed by atoms with E-state index in [-0.39, 0.29) is 22.9 Å². The number of piperidine rings is 1. The van der Waals surface area contributed by atoms with Crippen molar-refractivity contribution in [1.29, 1.82) is 0 Å². The van der Waals surface area contributed by atoms with E-state index in [1.165, 1.54) is 4.90 Å². The topological polar surface area (TPSA) is 40.6 Å². The highest BCUT2D eigenvalue weighted by molar-refractivity contribution is 6.30. The number of hydrogen-bond donors (Lipinski definition) is 0. The summed E-state index contributed by atoms with van der Waals surface area (Å²) in [5, 5.41) is 0.584. The molecular formula is C17H17ClN2O2. The number of fused-ring (bicyclic) bond motifs is 1. The summed E-state index contributed by atoms with van der Waals surface area (Å²) in [6, 6.07) is 6.21. The number of anilines is 1. The Morgan fingerprint density at radius 2 is 1.77 bits per heavy atom. The summed E-state index contributed by atoms with van der Waals surface area (Å²) >= 11 is 5.90. The number of nitrogens with zero attached hydrogens (tertiary/aromatic N) is 2. The van der Waals surface area contributed by atoms with Gasteiger partial charge in [0.1, 0.15) is 6.04 Å². The number of rotatable bonds is 1. The number of benzene rings is 1. The fourth-order valence-electron chi connectivity index (χ4n) is 3.95. The molecule has 1 aromatic carbocycles. The Balaban J connectivity index is 1.82. The van der Waals surface area contributed by atoms with Crippen LogP contribution in [0.4, 0.5) is 10.5 Å². The summed E-state index contributed by atoms with van der Waals surface area (Å²) < 4.78 is 0. The van der Waals surface area contributed by atoms with E-state index in [9.17, 15) is 9.59 Å². The number of amides is 3. The number of hydrogen-bond acceptors (Lipinski definition) is 2. The second-order valence-corrected chi connectivity index (χ2v) is 7.34. The third-order valence-electron chi connectivity index (χ3n) is 5.36. The van der Waals surface area contributed by atoms with Crippen molar-refractivity contribution in [1.82, 2.24) is 4.90 Å². The first-order chi connectivity index (χ1) is 10.4. The summed E-state index contributed by atoms with van der Waals surface area (Å²) in [7, 11) is 0. The Labute approximate surface area is 134 Å². The maximum atomic E-state index is 13.0. The summed E-state index contributed by atoms with van der Waals surface area (Å²) in [6.45, 7) is 4.10. The van der Waals surface area contributed by atoms with Gasteiger partial charge in [0.15, 0.2) is 0 Å². The smallest absolute Gasteiger partial charge is 0.302 e. The van der Waals surface area contributed by atoms with Gasteiger partial charge in [0.25, 0.3) is 5.91 Å². The molecule has 3 unspecified atom stereocenters. The van der Waals surface area contributed by atoms with Crippen LogP contribution in [0, 0.1) is 5.41 Å². The van der Waals surface area contributed by atoms with Crippen LogP contribution in [0.15, 0.2) is 36.4 Å². The molecule has 22 heavy (non-hydrogen) atoms. The van der Waals surface area contributed by atoms with E-state index in [2.05, 4.69) is 19.1 Å². The molecule has 1 aromatic rings. The van der Waals surface area contributed by atoms with Gasteiger partial charge in [0.05, 0.1) is 11.2 Å². The Bertz CT molecular complexity index is 676. The normalized spacial score (nSPS) is 36.2. The van der Waals surface area contributed by atoms with Crippen molar-refractivity contribution in [2.75, 3.05) is 4.90 Å². The Morgan fingerprint density at radius 3 is 2.32 bits per heavy atom. The lowest BCUT2D eigenvalue weighted by Gasteiger charge is -2.54. The predicted molar refractivity (Wildman–Crippen MR) is 84.8 cm³/mol. The molecule has 3 aliphatic heterocycles. The molecular weight excluding hydrogens is 300 g/mol. The zero-order valence-corrected chi connectivity index (χ0v) is 13.3. The van der Waals surface area contributed by atoms with Gasteiger partial charge in [-0.25, -0.2) is 9.69 Å². The lowest BCUT2D eigenvalue weighted by molar-refractivity contribution is -0.126. The van der Waals surface area contributed by atoms with Gasteiger partial charge in [0.2, 0.25) is 0 Å². The van der Waals surface area contributed by atoms with Crippen LogP contribution in [0.3, 0.4) is 0 Å². The van der Waals surface area contributed by atoms with E-state index < -0.39 is 6.04 Å². The standard InChI is InChI=1S/C17H17ClN2O2/c1-16-7-9-17(2,10-8-16)20-13(16)14(21)19(15(20)22)12-5-3-11(18)4-6-12/h3-7,9,13H,8,10H2,1-2H3. The maximum Gasteiger partial charge on any atom is 0.332 e. The number of halogens is 1. The van der Waals surface area contributed by atoms with E-state index in [0.29, 0.717) is 10.7 Å². The minimum atomic E-state index is -0.403. The first-order valence-corrected chi connectivity index (χ1v) is 7.87. The van der Waals surface area contributed by atoms with Crippen LogP contribution in [0.5, 0.6) is 0 Å². The first kappa shape index (κ1) is 13.8. The van der Waals surface area contributed by atoms with Gasteiger partial charge in [0, 0.05) is 10.4 Å². The molecule has 2 bridgehead atoms. The molecule has 0 radical (unpaired) electrons. The minimum absolute atomic E-state index is 0.134. The second-order valence-electron chi connectivity index (χ2n) is 6.90. The molecule has 5 heteroatoms. The van der Waals surface area contributed by atoms with Gasteiger partial charge in [-0.3, -0.25) is 4.79 Å². The molecule has 2 saturated heterocycles. The summed E-state index contributed by atoms with van der Waals surface area (Å²) in [6.07, 6.45) is 6.02. The molecule has 114 valence electrons. The van der Waals surface area contributed by atoms with Crippen LogP contribution in [0.25, 0.3) is 0 Å². The number of imide groups is 1. The Kier molecular flexibility index (Phi) is 2.60. The van der Waals surface area contributed by atoms with Crippen LogP contribution < -0.4 is 4.90 Å². The van der Waals surface area contributed by atoms with Crippen LogP contribution in [-0.4, -0.2) is 28.4 Å². The molecule has 0 saturated carbocycles. The lowest BCUT2D eigenvalue weighted by Crippen LogP contribution is -2.63. The summed E-state index contributed by atoms with van der Waals surface area (Å²) in [4.78, 5) is 29.0. The van der Waals surface area contributed by atoms with E-state index >= 15 is 0 Å². The first-order valence-electron chi connectivity index (χ1n) is 7.49. The SMILES string of the molecule is CC12C=CC(C)(CC1)N1C(=O)N(c3ccc(Cl)cc3)C(=O)C12. The largest absolute Gasteiger partial charge is 0.332 e. The fraction of sp³-hybridized carbons (Fsp3) is 0.412. The summed E-state index contributed by atoms with van der Waals surface area (Å²) in [5.74, 6) is -0.134. The van der Waals surface area contributed by atoms with Gasteiger partial charge in [-0.1, -0.05) is 30.7 Å². The van der Waals surface area contributed by atoms with Crippen molar-refractivity contribution < 1.29 is 9.59 Å². The van der Waals surface area contributed by atoms with Crippen molar-refractivity contribution in [3.63, 3.8) is 0 Å². The zero-order valence-electron chi connectivity index (χ0n) is 12.5. The van der Waals surface area contributed by atoms with Crippen molar-refractivity contribution in [2.45, 2.75) is 38.3 Å². The van der Waals surface area contributed by atoms with E-state index in [4.69, 9.17) is 11.6 Å².